The summed E-state index contributed by atoms with van der Waals surface area (Å²) in [5.41, 5.74) is 3.64. The van der Waals surface area contributed by atoms with Crippen molar-refractivity contribution in [3.63, 3.8) is 0 Å². The van der Waals surface area contributed by atoms with Crippen LogP contribution in [0.25, 0.3) is 0 Å². The zero-order chi connectivity index (χ0) is 23.7. The Balaban J connectivity index is 2.14. The first-order valence-corrected chi connectivity index (χ1v) is 13.1. The van der Waals surface area contributed by atoms with Gasteiger partial charge in [-0.1, -0.05) is 82.7 Å². The average Bonchev–Trinajstić information content (AvgIpc) is 2.76. The van der Waals surface area contributed by atoms with Crippen LogP contribution >= 0.6 is 23.1 Å². The highest BCUT2D eigenvalue weighted by Crippen LogP contribution is 2.46. The topological polar surface area (TPSA) is 51.2 Å². The minimum atomic E-state index is -3.54. The number of alkyl halides is 1. The van der Waals surface area contributed by atoms with Gasteiger partial charge in [-0.2, -0.15) is 0 Å². The molecule has 0 N–H and O–H groups in total. The van der Waals surface area contributed by atoms with E-state index in [1.807, 2.05) is 52.8 Å². The molecule has 0 aliphatic heterocycles. The van der Waals surface area contributed by atoms with Crippen molar-refractivity contribution in [1.29, 1.82) is 0 Å². The number of hydrogen-bond acceptors (Lipinski definition) is 3. The van der Waals surface area contributed by atoms with Gasteiger partial charge in [0.2, 0.25) is 12.7 Å². The molecule has 5 heteroatoms. The molecule has 0 unspecified atom stereocenters. The van der Waals surface area contributed by atoms with Crippen LogP contribution in [0.4, 0.5) is 0 Å². The van der Waals surface area contributed by atoms with Gasteiger partial charge in [0, 0.05) is 22.6 Å². The number of hydrogen-bond donors (Lipinski definition) is 0. The third-order valence-electron chi connectivity index (χ3n) is 5.82. The summed E-state index contributed by atoms with van der Waals surface area (Å²) in [4.78, 5) is 26.9. The second-order valence-corrected chi connectivity index (χ2v) is 13.4. The predicted molar refractivity (Wildman–Crippen MR) is 136 cm³/mol. The largest absolute Gasteiger partial charge is 0.306 e. The monoisotopic (exact) mass is 510 g/mol. The van der Waals surface area contributed by atoms with E-state index in [9.17, 15) is 14.2 Å². The number of carbonyl (C=O) groups is 2. The quantitative estimate of drug-likeness (QED) is 0.221. The van der Waals surface area contributed by atoms with Crippen molar-refractivity contribution in [3.05, 3.63) is 94.5 Å². The molecule has 0 spiro atoms. The van der Waals surface area contributed by atoms with E-state index in [1.54, 1.807) is 48.5 Å². The molecule has 0 fully saturated rings. The molecule has 0 atom stereocenters. The molecule has 0 amide bonds. The smallest absolute Gasteiger partial charge is 0.205 e. The Morgan fingerprint density at radius 1 is 0.844 bits per heavy atom. The van der Waals surface area contributed by atoms with Crippen molar-refractivity contribution in [1.82, 2.24) is 0 Å². The number of halogens is 1. The number of Topliss-reactive ketones (excluding diaryl/α,β-unsaturated/α-hetero) is 1. The summed E-state index contributed by atoms with van der Waals surface area (Å²) < 4.78 is 13.6. The van der Waals surface area contributed by atoms with Gasteiger partial charge in [0.05, 0.1) is 4.32 Å². The molecule has 32 heavy (non-hydrogen) atoms. The summed E-state index contributed by atoms with van der Waals surface area (Å²) in [5.74, 6) is -0.0319. The molecular weight excluding hydrogens is 483 g/mol. The van der Waals surface area contributed by atoms with E-state index in [4.69, 9.17) is 0 Å². The number of benzene rings is 3. The summed E-state index contributed by atoms with van der Waals surface area (Å²) in [6.45, 7) is 9.36. The van der Waals surface area contributed by atoms with E-state index < -0.39 is 11.5 Å². The van der Waals surface area contributed by atoms with Crippen LogP contribution in [0, 0.1) is 20.8 Å². The molecule has 166 valence electrons. The van der Waals surface area contributed by atoms with Gasteiger partial charge >= 0.3 is 0 Å². The SMILES string of the molecule is Cc1cc(C)c(C(=O)C(C)(C)Br)c(C)c1CC(=O)P(=O)(c1ccccc1)c1ccccc1. The molecule has 0 saturated heterocycles. The molecule has 3 aromatic carbocycles. The molecule has 0 saturated carbocycles. The first-order valence-electron chi connectivity index (χ1n) is 10.6. The van der Waals surface area contributed by atoms with E-state index in [1.165, 1.54) is 0 Å². The van der Waals surface area contributed by atoms with Crippen LogP contribution in [0.15, 0.2) is 66.7 Å². The Kier molecular flexibility index (Phi) is 7.07. The van der Waals surface area contributed by atoms with Gasteiger partial charge in [-0.15, -0.1) is 0 Å². The number of rotatable bonds is 7. The Labute approximate surface area is 198 Å². The molecule has 0 aromatic heterocycles. The summed E-state index contributed by atoms with van der Waals surface area (Å²) in [5, 5.41) is 1.05. The van der Waals surface area contributed by atoms with Crippen LogP contribution in [0.1, 0.15) is 46.5 Å². The Hall–Kier alpha value is -2.29. The number of carbonyl (C=O) groups excluding carboxylic acids is 2. The Bertz CT molecular complexity index is 1170. The summed E-state index contributed by atoms with van der Waals surface area (Å²) in [7, 11) is -3.54. The second-order valence-electron chi connectivity index (χ2n) is 8.64. The van der Waals surface area contributed by atoms with Crippen LogP contribution in [0.5, 0.6) is 0 Å². The average molecular weight is 511 g/mol. The van der Waals surface area contributed by atoms with Gasteiger partial charge in [0.25, 0.3) is 0 Å². The maximum Gasteiger partial charge on any atom is 0.205 e. The summed E-state index contributed by atoms with van der Waals surface area (Å²) in [6.07, 6.45) is 0.00199. The van der Waals surface area contributed by atoms with E-state index in [0.717, 1.165) is 22.3 Å². The van der Waals surface area contributed by atoms with Crippen molar-refractivity contribution in [2.45, 2.75) is 45.4 Å². The highest BCUT2D eigenvalue weighted by molar-refractivity contribution is 9.10. The molecule has 3 rings (SSSR count). The van der Waals surface area contributed by atoms with Crippen LogP contribution in [-0.4, -0.2) is 15.6 Å². The standard InChI is InChI=1S/C27H28BrO3P/c1-18-16-19(2)25(26(30)27(4,5)28)20(3)23(18)17-24(29)32(31,21-12-8-6-9-13-21)22-14-10-7-11-15-22/h6-16H,17H2,1-5H3. The normalized spacial score (nSPS) is 11.9. The lowest BCUT2D eigenvalue weighted by molar-refractivity contribution is -0.111. The van der Waals surface area contributed by atoms with Gasteiger partial charge in [0.15, 0.2) is 5.78 Å². The number of aryl methyl sites for hydroxylation is 2. The number of ketones is 1. The van der Waals surface area contributed by atoms with Crippen molar-refractivity contribution in [2.75, 3.05) is 0 Å². The zero-order valence-electron chi connectivity index (χ0n) is 19.1. The van der Waals surface area contributed by atoms with Crippen molar-refractivity contribution in [2.24, 2.45) is 0 Å². The van der Waals surface area contributed by atoms with E-state index in [2.05, 4.69) is 15.9 Å². The van der Waals surface area contributed by atoms with Gasteiger partial charge < -0.3 is 4.57 Å². The van der Waals surface area contributed by atoms with Crippen LogP contribution in [0.3, 0.4) is 0 Å². The molecule has 3 nitrogen and oxygen atoms in total. The first-order chi connectivity index (χ1) is 15.0. The Morgan fingerprint density at radius 3 is 1.75 bits per heavy atom. The lowest BCUT2D eigenvalue weighted by Crippen LogP contribution is -2.27. The van der Waals surface area contributed by atoms with Crippen molar-refractivity contribution >= 4 is 45.0 Å². The van der Waals surface area contributed by atoms with Crippen molar-refractivity contribution in [3.8, 4) is 0 Å². The minimum absolute atomic E-state index is 0.00199. The van der Waals surface area contributed by atoms with E-state index >= 15 is 0 Å². The molecule has 0 aliphatic carbocycles. The molecular formula is C27H28BrO3P. The lowest BCUT2D eigenvalue weighted by Gasteiger charge is -2.23. The fourth-order valence-corrected chi connectivity index (χ4v) is 6.76. The molecule has 0 bridgehead atoms. The lowest BCUT2D eigenvalue weighted by atomic mass is 9.87. The second kappa shape index (κ2) is 9.29. The van der Waals surface area contributed by atoms with E-state index in [-0.39, 0.29) is 17.7 Å². The zero-order valence-corrected chi connectivity index (χ0v) is 21.6. The van der Waals surface area contributed by atoms with Gasteiger partial charge in [-0.05, 0) is 56.9 Å². The maximum absolute atomic E-state index is 14.4. The summed E-state index contributed by atoms with van der Waals surface area (Å²) in [6, 6.07) is 19.8. The first kappa shape index (κ1) is 24.4. The van der Waals surface area contributed by atoms with Crippen molar-refractivity contribution < 1.29 is 14.2 Å². The highest BCUT2D eigenvalue weighted by Gasteiger charge is 2.36. The highest BCUT2D eigenvalue weighted by atomic mass is 79.9. The van der Waals surface area contributed by atoms with E-state index in [0.29, 0.717) is 16.2 Å². The molecule has 0 aliphatic rings. The third kappa shape index (κ3) is 4.58. The van der Waals surface area contributed by atoms with Gasteiger partial charge in [-0.25, -0.2) is 0 Å². The maximum atomic E-state index is 14.4. The van der Waals surface area contributed by atoms with Gasteiger partial charge in [0.1, 0.15) is 0 Å². The fourth-order valence-electron chi connectivity index (χ4n) is 4.12. The molecule has 0 heterocycles. The Morgan fingerprint density at radius 2 is 1.31 bits per heavy atom. The fraction of sp³-hybridized carbons (Fsp3) is 0.259. The molecule has 3 aromatic rings. The minimum Gasteiger partial charge on any atom is -0.306 e. The molecule has 0 radical (unpaired) electrons. The van der Waals surface area contributed by atoms with Crippen LogP contribution in [-0.2, 0) is 15.8 Å². The third-order valence-corrected chi connectivity index (χ3v) is 9.09. The van der Waals surface area contributed by atoms with Crippen LogP contribution in [0.2, 0.25) is 0 Å². The van der Waals surface area contributed by atoms with Crippen LogP contribution < -0.4 is 10.6 Å². The van der Waals surface area contributed by atoms with Gasteiger partial charge in [-0.3, -0.25) is 9.59 Å². The predicted octanol–water partition coefficient (Wildman–Crippen LogP) is 6.05. The summed E-state index contributed by atoms with van der Waals surface area (Å²) >= 11 is 3.47.